The van der Waals surface area contributed by atoms with Gasteiger partial charge in [0.05, 0.1) is 0 Å². The van der Waals surface area contributed by atoms with Crippen LogP contribution in [0.3, 0.4) is 0 Å². The molecule has 1 rings (SSSR count). The number of allylic oxidation sites excluding steroid dienone is 4. The molecule has 15 heavy (non-hydrogen) atoms. The minimum Gasteiger partial charge on any atom is -0.0958 e. The summed E-state index contributed by atoms with van der Waals surface area (Å²) in [5.74, 6) is 12.3. The van der Waals surface area contributed by atoms with E-state index < -0.39 is 0 Å². The van der Waals surface area contributed by atoms with Crippen LogP contribution in [0.4, 0.5) is 0 Å². The Morgan fingerprint density at radius 3 is 2.60 bits per heavy atom. The molecule has 0 N–H and O–H groups in total. The van der Waals surface area contributed by atoms with E-state index in [1.54, 1.807) is 0 Å². The van der Waals surface area contributed by atoms with E-state index in [-0.39, 0.29) is 0 Å². The Balaban J connectivity index is 2.38. The van der Waals surface area contributed by atoms with E-state index in [1.165, 1.54) is 12.8 Å². The van der Waals surface area contributed by atoms with Gasteiger partial charge in [-0.15, -0.1) is 0 Å². The number of hydrogen-bond donors (Lipinski definition) is 0. The van der Waals surface area contributed by atoms with Gasteiger partial charge in [-0.1, -0.05) is 43.6 Å². The maximum atomic E-state index is 3.87. The zero-order valence-corrected chi connectivity index (χ0v) is 9.27. The molecule has 0 aromatic heterocycles. The van der Waals surface area contributed by atoms with Crippen molar-refractivity contribution in [1.29, 1.82) is 0 Å². The van der Waals surface area contributed by atoms with Crippen molar-refractivity contribution in [3.05, 3.63) is 36.5 Å². The maximum absolute atomic E-state index is 3.87. The second kappa shape index (κ2) is 5.94. The summed E-state index contributed by atoms with van der Waals surface area (Å²) in [6.45, 7) is 9.76. The fourth-order valence-electron chi connectivity index (χ4n) is 0.855. The molecular weight excluding hydrogens is 180 g/mol. The molecule has 0 heterocycles. The highest BCUT2D eigenvalue weighted by atomic mass is 14.2. The van der Waals surface area contributed by atoms with E-state index in [4.69, 9.17) is 0 Å². The van der Waals surface area contributed by atoms with Crippen LogP contribution in [0.2, 0.25) is 0 Å². The molecule has 0 aliphatic heterocycles. The second-order valence-corrected chi connectivity index (χ2v) is 3.66. The van der Waals surface area contributed by atoms with Gasteiger partial charge in [0, 0.05) is 11.5 Å². The van der Waals surface area contributed by atoms with Gasteiger partial charge in [-0.2, -0.15) is 0 Å². The van der Waals surface area contributed by atoms with Crippen LogP contribution in [0.5, 0.6) is 0 Å². The quantitative estimate of drug-likeness (QED) is 0.479. The molecule has 0 bridgehead atoms. The van der Waals surface area contributed by atoms with Crippen molar-refractivity contribution >= 4 is 0 Å². The monoisotopic (exact) mass is 196 g/mol. The highest BCUT2D eigenvalue weighted by Gasteiger charge is 2.17. The Hall–Kier alpha value is -1.66. The average molecular weight is 196 g/mol. The molecule has 1 fully saturated rings. The van der Waals surface area contributed by atoms with E-state index >= 15 is 0 Å². The summed E-state index contributed by atoms with van der Waals surface area (Å²) in [7, 11) is 0. The first-order valence-electron chi connectivity index (χ1n) is 5.28. The van der Waals surface area contributed by atoms with Gasteiger partial charge in [-0.25, -0.2) is 0 Å². The van der Waals surface area contributed by atoms with Crippen LogP contribution in [-0.4, -0.2) is 0 Å². The van der Waals surface area contributed by atoms with Crippen molar-refractivity contribution in [3.63, 3.8) is 0 Å². The van der Waals surface area contributed by atoms with Gasteiger partial charge in [0.1, 0.15) is 0 Å². The van der Waals surface area contributed by atoms with Crippen molar-refractivity contribution in [2.45, 2.75) is 26.2 Å². The van der Waals surface area contributed by atoms with Crippen molar-refractivity contribution in [2.24, 2.45) is 5.92 Å². The predicted molar refractivity (Wildman–Crippen MR) is 66.0 cm³/mol. The lowest BCUT2D eigenvalue weighted by Gasteiger charge is -1.89. The Morgan fingerprint density at radius 1 is 1.27 bits per heavy atom. The van der Waals surface area contributed by atoms with Gasteiger partial charge in [0.25, 0.3) is 0 Å². The molecule has 0 aromatic carbocycles. The molecule has 0 spiro atoms. The SMILES string of the molecule is C=C(C#CC#CC1CC1)/C=C\C(=C)CC. The molecule has 0 radical (unpaired) electrons. The molecule has 1 saturated carbocycles. The minimum absolute atomic E-state index is 0.614. The van der Waals surface area contributed by atoms with Crippen LogP contribution in [0.15, 0.2) is 36.5 Å². The standard InChI is InChI=1S/C15H16/c1-4-13(2)9-10-14(3)7-5-6-8-15-11-12-15/h9-10,15H,2-4,11-12H2,1H3/b10-9-. The fourth-order valence-corrected chi connectivity index (χ4v) is 0.855. The topological polar surface area (TPSA) is 0 Å². The first kappa shape index (κ1) is 11.4. The third-order valence-electron chi connectivity index (χ3n) is 2.11. The molecule has 0 saturated heterocycles. The second-order valence-electron chi connectivity index (χ2n) is 3.66. The van der Waals surface area contributed by atoms with Crippen LogP contribution in [-0.2, 0) is 0 Å². The zero-order valence-electron chi connectivity index (χ0n) is 9.27. The fraction of sp³-hybridized carbons (Fsp3) is 0.333. The highest BCUT2D eigenvalue weighted by molar-refractivity contribution is 5.42. The maximum Gasteiger partial charge on any atom is 0.0214 e. The van der Waals surface area contributed by atoms with Crippen molar-refractivity contribution in [1.82, 2.24) is 0 Å². The van der Waals surface area contributed by atoms with E-state index in [9.17, 15) is 0 Å². The lowest BCUT2D eigenvalue weighted by Crippen LogP contribution is -1.72. The molecule has 0 nitrogen and oxygen atoms in total. The molecule has 0 atom stereocenters. The third kappa shape index (κ3) is 5.61. The van der Waals surface area contributed by atoms with Gasteiger partial charge >= 0.3 is 0 Å². The van der Waals surface area contributed by atoms with E-state index in [2.05, 4.69) is 43.8 Å². The van der Waals surface area contributed by atoms with Crippen LogP contribution in [0, 0.1) is 29.6 Å². The van der Waals surface area contributed by atoms with Gasteiger partial charge < -0.3 is 0 Å². The first-order chi connectivity index (χ1) is 7.22. The van der Waals surface area contributed by atoms with E-state index in [0.29, 0.717) is 5.92 Å². The van der Waals surface area contributed by atoms with Crippen LogP contribution >= 0.6 is 0 Å². The Morgan fingerprint density at radius 2 is 2.00 bits per heavy atom. The predicted octanol–water partition coefficient (Wildman–Crippen LogP) is 3.48. The molecule has 0 amide bonds. The summed E-state index contributed by atoms with van der Waals surface area (Å²) in [6.07, 6.45) is 7.28. The van der Waals surface area contributed by atoms with Gasteiger partial charge in [-0.3, -0.25) is 0 Å². The number of rotatable bonds is 3. The molecular formula is C15H16. The van der Waals surface area contributed by atoms with Gasteiger partial charge in [0.15, 0.2) is 0 Å². The number of hydrogen-bond acceptors (Lipinski definition) is 0. The van der Waals surface area contributed by atoms with Crippen molar-refractivity contribution in [2.75, 3.05) is 0 Å². The smallest absolute Gasteiger partial charge is 0.0214 e. The average Bonchev–Trinajstić information content (AvgIpc) is 3.04. The molecule has 0 unspecified atom stereocenters. The minimum atomic E-state index is 0.614. The lowest BCUT2D eigenvalue weighted by molar-refractivity contribution is 1.16. The van der Waals surface area contributed by atoms with Gasteiger partial charge in [-0.05, 0) is 37.2 Å². The Kier molecular flexibility index (Phi) is 4.52. The summed E-state index contributed by atoms with van der Waals surface area (Å²) in [5, 5.41) is 0. The summed E-state index contributed by atoms with van der Waals surface area (Å²) >= 11 is 0. The Labute approximate surface area is 92.8 Å². The van der Waals surface area contributed by atoms with Crippen molar-refractivity contribution < 1.29 is 0 Å². The highest BCUT2D eigenvalue weighted by Crippen LogP contribution is 2.27. The summed E-state index contributed by atoms with van der Waals surface area (Å²) < 4.78 is 0. The van der Waals surface area contributed by atoms with Crippen LogP contribution in [0.1, 0.15) is 26.2 Å². The summed E-state index contributed by atoms with van der Waals surface area (Å²) in [6, 6.07) is 0. The van der Waals surface area contributed by atoms with Crippen LogP contribution < -0.4 is 0 Å². The molecule has 1 aliphatic rings. The van der Waals surface area contributed by atoms with E-state index in [0.717, 1.165) is 17.6 Å². The largest absolute Gasteiger partial charge is 0.0958 e. The van der Waals surface area contributed by atoms with Gasteiger partial charge in [0.2, 0.25) is 0 Å². The van der Waals surface area contributed by atoms with Crippen molar-refractivity contribution in [3.8, 4) is 23.7 Å². The third-order valence-corrected chi connectivity index (χ3v) is 2.11. The molecule has 76 valence electrons. The molecule has 1 aliphatic carbocycles. The van der Waals surface area contributed by atoms with Crippen LogP contribution in [0.25, 0.3) is 0 Å². The van der Waals surface area contributed by atoms with E-state index in [1.807, 2.05) is 12.2 Å². The summed E-state index contributed by atoms with van der Waals surface area (Å²) in [5.41, 5.74) is 1.87. The normalized spacial score (nSPS) is 13.7. The molecule has 0 heteroatoms. The molecule has 0 aromatic rings. The lowest BCUT2D eigenvalue weighted by atomic mass is 10.2. The summed E-state index contributed by atoms with van der Waals surface area (Å²) in [4.78, 5) is 0. The Bertz CT molecular complexity index is 395. The first-order valence-corrected chi connectivity index (χ1v) is 5.28. The zero-order chi connectivity index (χ0) is 11.1.